The molecule has 10 N–H and O–H groups in total. The van der Waals surface area contributed by atoms with E-state index in [4.69, 9.17) is 17.2 Å². The Morgan fingerprint density at radius 2 is 1.53 bits per heavy atom. The molecule has 5 unspecified atom stereocenters. The van der Waals surface area contributed by atoms with Crippen LogP contribution in [0.2, 0.25) is 0 Å². The van der Waals surface area contributed by atoms with E-state index in [-0.39, 0.29) is 18.8 Å². The Kier molecular flexibility index (Phi) is 13.8. The summed E-state index contributed by atoms with van der Waals surface area (Å²) < 4.78 is 0. The lowest BCUT2D eigenvalue weighted by Gasteiger charge is -2.27. The van der Waals surface area contributed by atoms with Crippen molar-refractivity contribution in [1.82, 2.24) is 16.0 Å². The van der Waals surface area contributed by atoms with Gasteiger partial charge in [0.05, 0.1) is 6.04 Å². The van der Waals surface area contributed by atoms with Crippen molar-refractivity contribution in [3.05, 3.63) is 0 Å². The average molecular weight is 459 g/mol. The smallest absolute Gasteiger partial charge is 0.326 e. The number of carboxylic acids is 1. The molecular formula is C20H38N6O6. The highest BCUT2D eigenvalue weighted by Gasteiger charge is 2.30. The monoisotopic (exact) mass is 458 g/mol. The second-order valence-corrected chi connectivity index (χ2v) is 7.90. The van der Waals surface area contributed by atoms with Crippen molar-refractivity contribution < 1.29 is 29.1 Å². The molecule has 0 aromatic heterocycles. The Labute approximate surface area is 188 Å². The summed E-state index contributed by atoms with van der Waals surface area (Å²) in [6.07, 6.45) is 2.03. The van der Waals surface area contributed by atoms with Crippen LogP contribution in [0.15, 0.2) is 0 Å². The topological polar surface area (TPSA) is 220 Å². The minimum atomic E-state index is -1.33. The summed E-state index contributed by atoms with van der Waals surface area (Å²) >= 11 is 0. The molecule has 12 nitrogen and oxygen atoms in total. The largest absolute Gasteiger partial charge is 0.480 e. The number of amides is 4. The normalized spacial score (nSPS) is 15.5. The fourth-order valence-corrected chi connectivity index (χ4v) is 2.81. The number of carbonyl (C=O) groups excluding carboxylic acids is 4. The number of rotatable bonds is 16. The van der Waals surface area contributed by atoms with Crippen molar-refractivity contribution in [1.29, 1.82) is 0 Å². The number of carboxylic acid groups (broad SMARTS) is 1. The van der Waals surface area contributed by atoms with Crippen LogP contribution in [0.4, 0.5) is 0 Å². The summed E-state index contributed by atoms with van der Waals surface area (Å²) in [5.41, 5.74) is 16.3. The lowest BCUT2D eigenvalue weighted by atomic mass is 9.97. The maximum absolute atomic E-state index is 12.8. The summed E-state index contributed by atoms with van der Waals surface area (Å²) in [7, 11) is 0. The number of aliphatic carboxylic acids is 1. The van der Waals surface area contributed by atoms with Gasteiger partial charge in [0.15, 0.2) is 0 Å². The molecule has 0 aromatic rings. The molecule has 0 aliphatic carbocycles. The van der Waals surface area contributed by atoms with Crippen LogP contribution in [0.1, 0.15) is 59.3 Å². The van der Waals surface area contributed by atoms with E-state index in [9.17, 15) is 29.1 Å². The van der Waals surface area contributed by atoms with E-state index in [0.717, 1.165) is 6.42 Å². The Morgan fingerprint density at radius 3 is 2.03 bits per heavy atom. The molecule has 0 radical (unpaired) electrons. The Bertz CT molecular complexity index is 658. The summed E-state index contributed by atoms with van der Waals surface area (Å²) in [4.78, 5) is 59.7. The molecule has 0 spiro atoms. The van der Waals surface area contributed by atoms with Gasteiger partial charge >= 0.3 is 5.97 Å². The van der Waals surface area contributed by atoms with Gasteiger partial charge in [0.25, 0.3) is 0 Å². The Hall–Kier alpha value is -2.73. The molecule has 0 aromatic carbocycles. The van der Waals surface area contributed by atoms with Gasteiger partial charge < -0.3 is 38.3 Å². The minimum absolute atomic E-state index is 0.176. The van der Waals surface area contributed by atoms with E-state index >= 15 is 0 Å². The molecule has 32 heavy (non-hydrogen) atoms. The van der Waals surface area contributed by atoms with E-state index in [1.54, 1.807) is 6.92 Å². The molecule has 0 saturated heterocycles. The fraction of sp³-hybridized carbons (Fsp3) is 0.750. The minimum Gasteiger partial charge on any atom is -0.480 e. The van der Waals surface area contributed by atoms with E-state index in [1.165, 1.54) is 6.92 Å². The Morgan fingerprint density at radius 1 is 0.906 bits per heavy atom. The quantitative estimate of drug-likeness (QED) is 0.132. The predicted octanol–water partition coefficient (Wildman–Crippen LogP) is -1.69. The van der Waals surface area contributed by atoms with Crippen LogP contribution in [0, 0.1) is 5.92 Å². The highest BCUT2D eigenvalue weighted by Crippen LogP contribution is 2.10. The van der Waals surface area contributed by atoms with Crippen molar-refractivity contribution in [2.45, 2.75) is 83.5 Å². The molecule has 0 heterocycles. The number of nitrogens with one attached hydrogen (secondary N) is 3. The van der Waals surface area contributed by atoms with Crippen molar-refractivity contribution >= 4 is 29.6 Å². The van der Waals surface area contributed by atoms with Gasteiger partial charge in [-0.05, 0) is 38.6 Å². The average Bonchev–Trinajstić information content (AvgIpc) is 2.73. The van der Waals surface area contributed by atoms with Gasteiger partial charge in [0, 0.05) is 6.42 Å². The number of unbranched alkanes of at least 4 members (excludes halogenated alkanes) is 1. The highest BCUT2D eigenvalue weighted by atomic mass is 16.4. The number of carbonyl (C=O) groups is 5. The van der Waals surface area contributed by atoms with Crippen LogP contribution in [-0.2, 0) is 24.0 Å². The second kappa shape index (κ2) is 15.1. The second-order valence-electron chi connectivity index (χ2n) is 7.90. The van der Waals surface area contributed by atoms with Gasteiger partial charge in [0.2, 0.25) is 23.6 Å². The number of nitrogens with two attached hydrogens (primary N) is 3. The first-order chi connectivity index (χ1) is 14.9. The van der Waals surface area contributed by atoms with Gasteiger partial charge in [-0.2, -0.15) is 0 Å². The van der Waals surface area contributed by atoms with Gasteiger partial charge in [-0.1, -0.05) is 26.7 Å². The summed E-state index contributed by atoms with van der Waals surface area (Å²) in [6.45, 7) is 5.51. The predicted molar refractivity (Wildman–Crippen MR) is 118 cm³/mol. The van der Waals surface area contributed by atoms with E-state index < -0.39 is 53.8 Å². The first-order valence-electron chi connectivity index (χ1n) is 10.8. The molecule has 0 bridgehead atoms. The molecular weight excluding hydrogens is 420 g/mol. The van der Waals surface area contributed by atoms with E-state index in [2.05, 4.69) is 16.0 Å². The summed E-state index contributed by atoms with van der Waals surface area (Å²) in [5.74, 6) is -4.08. The number of primary amides is 1. The van der Waals surface area contributed by atoms with Crippen LogP contribution < -0.4 is 33.2 Å². The molecule has 0 fully saturated rings. The molecule has 5 atom stereocenters. The molecule has 184 valence electrons. The zero-order valence-electron chi connectivity index (χ0n) is 19.1. The third-order valence-corrected chi connectivity index (χ3v) is 5.15. The lowest BCUT2D eigenvalue weighted by molar-refractivity contribution is -0.142. The van der Waals surface area contributed by atoms with E-state index in [0.29, 0.717) is 25.8 Å². The molecule has 4 amide bonds. The third-order valence-electron chi connectivity index (χ3n) is 5.15. The van der Waals surface area contributed by atoms with Gasteiger partial charge in [-0.15, -0.1) is 0 Å². The third kappa shape index (κ3) is 11.0. The molecule has 0 saturated carbocycles. The first-order valence-corrected chi connectivity index (χ1v) is 10.8. The van der Waals surface area contributed by atoms with Crippen molar-refractivity contribution in [2.24, 2.45) is 23.1 Å². The number of hydrogen-bond acceptors (Lipinski definition) is 7. The summed E-state index contributed by atoms with van der Waals surface area (Å²) in [6, 6.07) is -4.12. The lowest BCUT2D eigenvalue weighted by Crippen LogP contribution is -2.58. The molecule has 0 aliphatic heterocycles. The maximum Gasteiger partial charge on any atom is 0.326 e. The van der Waals surface area contributed by atoms with Crippen molar-refractivity contribution in [2.75, 3.05) is 6.54 Å². The van der Waals surface area contributed by atoms with Crippen LogP contribution in [0.3, 0.4) is 0 Å². The maximum atomic E-state index is 12.8. The van der Waals surface area contributed by atoms with Gasteiger partial charge in [-0.25, -0.2) is 4.79 Å². The first kappa shape index (κ1) is 29.3. The zero-order chi connectivity index (χ0) is 24.8. The van der Waals surface area contributed by atoms with Crippen LogP contribution in [-0.4, -0.2) is 65.4 Å². The van der Waals surface area contributed by atoms with Crippen molar-refractivity contribution in [3.63, 3.8) is 0 Å². The summed E-state index contributed by atoms with van der Waals surface area (Å²) in [5, 5.41) is 16.6. The SMILES string of the molecule is CCC(C)C(NC(=O)C(N)CCCCN)C(=O)NC(C)C(=O)NC(CCC(N)=O)C(=O)O. The Balaban J connectivity index is 5.04. The van der Waals surface area contributed by atoms with Gasteiger partial charge in [-0.3, -0.25) is 19.2 Å². The van der Waals surface area contributed by atoms with Crippen molar-refractivity contribution in [3.8, 4) is 0 Å². The number of hydrogen-bond donors (Lipinski definition) is 7. The molecule has 0 rings (SSSR count). The van der Waals surface area contributed by atoms with Crippen LogP contribution >= 0.6 is 0 Å². The highest BCUT2D eigenvalue weighted by molar-refractivity contribution is 5.94. The van der Waals surface area contributed by atoms with Crippen LogP contribution in [0.25, 0.3) is 0 Å². The standard InChI is InChI=1S/C20H38N6O6/c1-4-11(2)16(26-18(29)13(22)7-5-6-10-21)19(30)24-12(3)17(28)25-14(20(31)32)8-9-15(23)27/h11-14,16H,4-10,21-22H2,1-3H3,(H2,23,27)(H,24,30)(H,25,28)(H,26,29)(H,31,32). The van der Waals surface area contributed by atoms with E-state index in [1.807, 2.05) is 6.92 Å². The van der Waals surface area contributed by atoms with Crippen LogP contribution in [0.5, 0.6) is 0 Å². The molecule has 12 heteroatoms. The zero-order valence-corrected chi connectivity index (χ0v) is 19.1. The van der Waals surface area contributed by atoms with Gasteiger partial charge in [0.1, 0.15) is 18.1 Å². The molecule has 0 aliphatic rings. The fourth-order valence-electron chi connectivity index (χ4n) is 2.81.